The molecule has 0 spiro atoms. The van der Waals surface area contributed by atoms with Crippen molar-refractivity contribution in [3.8, 4) is 0 Å². The minimum atomic E-state index is -0.978. The Bertz CT molecular complexity index is 2120. The predicted molar refractivity (Wildman–Crippen MR) is 193 cm³/mol. The summed E-state index contributed by atoms with van der Waals surface area (Å²) in [5.41, 5.74) is 0.355. The number of hydrogen-bond acceptors (Lipinski definition) is 10. The van der Waals surface area contributed by atoms with E-state index in [0.717, 1.165) is 5.56 Å². The molecule has 1 saturated heterocycles. The number of nitrogens with zero attached hydrogens (tertiary/aromatic N) is 2. The number of esters is 2. The van der Waals surface area contributed by atoms with Crippen LogP contribution < -0.4 is 11.2 Å². The van der Waals surface area contributed by atoms with E-state index in [1.807, 2.05) is 30.3 Å². The highest BCUT2D eigenvalue weighted by atomic mass is 16.6. The summed E-state index contributed by atoms with van der Waals surface area (Å²) >= 11 is 0. The van der Waals surface area contributed by atoms with E-state index in [2.05, 4.69) is 0 Å². The van der Waals surface area contributed by atoms with Gasteiger partial charge in [-0.25, -0.2) is 14.4 Å². The Balaban J connectivity index is 1.19. The van der Waals surface area contributed by atoms with E-state index < -0.39 is 53.6 Å². The van der Waals surface area contributed by atoms with Crippen LogP contribution in [0.25, 0.3) is 0 Å². The molecule has 5 aromatic rings. The molecular formula is C41H38N2O10. The average Bonchev–Trinajstić information content (AvgIpc) is 3.61. The van der Waals surface area contributed by atoms with Crippen LogP contribution in [0.3, 0.4) is 0 Å². The van der Waals surface area contributed by atoms with Crippen molar-refractivity contribution in [1.29, 1.82) is 0 Å². The van der Waals surface area contributed by atoms with Gasteiger partial charge in [0.2, 0.25) is 0 Å². The summed E-state index contributed by atoms with van der Waals surface area (Å²) in [4.78, 5) is 65.8. The van der Waals surface area contributed by atoms with Crippen LogP contribution in [0.15, 0.2) is 137 Å². The summed E-state index contributed by atoms with van der Waals surface area (Å²) in [5.74, 6) is -1.96. The van der Waals surface area contributed by atoms with Crippen molar-refractivity contribution in [3.05, 3.63) is 176 Å². The predicted octanol–water partition coefficient (Wildman–Crippen LogP) is 4.98. The maximum absolute atomic E-state index is 13.8. The van der Waals surface area contributed by atoms with Gasteiger partial charge in [0, 0.05) is 23.7 Å². The van der Waals surface area contributed by atoms with Gasteiger partial charge in [-0.2, -0.15) is 4.57 Å². The fourth-order valence-corrected chi connectivity index (χ4v) is 5.82. The number of benzene rings is 4. The highest BCUT2D eigenvalue weighted by molar-refractivity contribution is 5.95. The molecule has 1 fully saturated rings. The second kappa shape index (κ2) is 17.5. The summed E-state index contributed by atoms with van der Waals surface area (Å²) in [6.07, 6.45) is -1.63. The number of ether oxygens (including phenoxy) is 5. The number of carbonyl (C=O) groups excluding carboxylic acids is 3. The first kappa shape index (κ1) is 36.8. The first-order chi connectivity index (χ1) is 25.8. The molecule has 0 bridgehead atoms. The van der Waals surface area contributed by atoms with Crippen LogP contribution in [0.1, 0.15) is 54.8 Å². The van der Waals surface area contributed by atoms with Gasteiger partial charge >= 0.3 is 17.6 Å². The summed E-state index contributed by atoms with van der Waals surface area (Å²) in [6, 6.07) is 34.4. The SMILES string of the molecule is Cc1cn([C@H]2C[C@H](OCc3ccccc3)[C@@H](COCC(COC(=O)c3ccccc3)OC(=O)c3ccccc3)O2)c(=O)n(C(=O)c2ccccc2)c1=O. The highest BCUT2D eigenvalue weighted by Crippen LogP contribution is 2.31. The first-order valence-electron chi connectivity index (χ1n) is 17.1. The zero-order valence-corrected chi connectivity index (χ0v) is 28.9. The van der Waals surface area contributed by atoms with Gasteiger partial charge in [-0.1, -0.05) is 84.9 Å². The molecule has 1 unspecified atom stereocenters. The Kier molecular flexibility index (Phi) is 12.2. The Labute approximate surface area is 305 Å². The summed E-state index contributed by atoms with van der Waals surface area (Å²) < 4.78 is 31.7. The number of hydrogen-bond donors (Lipinski definition) is 0. The van der Waals surface area contributed by atoms with Crippen molar-refractivity contribution in [2.24, 2.45) is 0 Å². The molecule has 0 saturated carbocycles. The third-order valence-corrected chi connectivity index (χ3v) is 8.59. The quantitative estimate of drug-likeness (QED) is 0.144. The number of aromatic nitrogens is 2. The molecule has 0 N–H and O–H groups in total. The molecule has 1 aromatic heterocycles. The van der Waals surface area contributed by atoms with Crippen molar-refractivity contribution in [2.45, 2.75) is 44.5 Å². The van der Waals surface area contributed by atoms with E-state index in [0.29, 0.717) is 15.7 Å². The van der Waals surface area contributed by atoms with Gasteiger partial charge in [-0.05, 0) is 48.9 Å². The third kappa shape index (κ3) is 9.29. The molecule has 0 amide bonds. The van der Waals surface area contributed by atoms with Crippen LogP contribution in [-0.2, 0) is 30.3 Å². The molecule has 1 aliphatic rings. The van der Waals surface area contributed by atoms with Crippen molar-refractivity contribution < 1.29 is 38.1 Å². The smallest absolute Gasteiger partial charge is 0.340 e. The molecule has 1 aliphatic heterocycles. The van der Waals surface area contributed by atoms with Crippen molar-refractivity contribution in [3.63, 3.8) is 0 Å². The van der Waals surface area contributed by atoms with Crippen LogP contribution >= 0.6 is 0 Å². The van der Waals surface area contributed by atoms with Crippen molar-refractivity contribution >= 4 is 17.8 Å². The average molecular weight is 719 g/mol. The molecule has 12 heteroatoms. The second-order valence-corrected chi connectivity index (χ2v) is 12.4. The Morgan fingerprint density at radius 3 is 1.94 bits per heavy atom. The molecule has 6 rings (SSSR count). The normalized spacial score (nSPS) is 17.2. The maximum Gasteiger partial charge on any atom is 0.340 e. The van der Waals surface area contributed by atoms with E-state index in [9.17, 15) is 24.0 Å². The van der Waals surface area contributed by atoms with Gasteiger partial charge in [0.1, 0.15) is 18.9 Å². The monoisotopic (exact) mass is 718 g/mol. The molecular weight excluding hydrogens is 680 g/mol. The largest absolute Gasteiger partial charge is 0.458 e. The topological polar surface area (TPSA) is 141 Å². The zero-order chi connectivity index (χ0) is 37.2. The molecule has 0 aliphatic carbocycles. The molecule has 272 valence electrons. The van der Waals surface area contributed by atoms with Crippen molar-refractivity contribution in [1.82, 2.24) is 9.13 Å². The lowest BCUT2D eigenvalue weighted by molar-refractivity contribution is -0.0951. The van der Waals surface area contributed by atoms with E-state index >= 15 is 0 Å². The zero-order valence-electron chi connectivity index (χ0n) is 28.9. The second-order valence-electron chi connectivity index (χ2n) is 12.4. The lowest BCUT2D eigenvalue weighted by Crippen LogP contribution is -2.45. The Hall–Kier alpha value is -5.95. The lowest BCUT2D eigenvalue weighted by Gasteiger charge is -2.22. The van der Waals surface area contributed by atoms with Gasteiger partial charge in [-0.15, -0.1) is 0 Å². The fraction of sp³-hybridized carbons (Fsp3) is 0.244. The standard InChI is InChI=1S/C41H38N2O10/c1-28-23-42(41(48)43(37(28)44)38(45)30-16-8-3-9-17-30)36-22-34(50-24-29-14-6-2-7-15-29)35(53-36)27-49-25-33(52-40(47)32-20-12-5-13-21-32)26-51-39(46)31-18-10-4-11-19-31/h2-21,23,33-36H,22,24-27H2,1H3/t33?,34-,35+,36+/m0/s1. The van der Waals surface area contributed by atoms with E-state index in [4.69, 9.17) is 23.7 Å². The van der Waals surface area contributed by atoms with Crippen LogP contribution in [0, 0.1) is 6.92 Å². The van der Waals surface area contributed by atoms with Gasteiger partial charge < -0.3 is 23.7 Å². The maximum atomic E-state index is 13.8. The summed E-state index contributed by atoms with van der Waals surface area (Å²) in [5, 5.41) is 0. The molecule has 4 atom stereocenters. The molecule has 12 nitrogen and oxygen atoms in total. The van der Waals surface area contributed by atoms with Gasteiger partial charge in [0.25, 0.3) is 11.5 Å². The van der Waals surface area contributed by atoms with Gasteiger partial charge in [0.15, 0.2) is 6.10 Å². The lowest BCUT2D eigenvalue weighted by atomic mass is 10.1. The Morgan fingerprint density at radius 1 is 0.755 bits per heavy atom. The number of carbonyl (C=O) groups is 3. The van der Waals surface area contributed by atoms with E-state index in [1.54, 1.807) is 78.9 Å². The minimum absolute atomic E-state index is 0.0572. The van der Waals surface area contributed by atoms with E-state index in [-0.39, 0.29) is 44.0 Å². The van der Waals surface area contributed by atoms with Gasteiger partial charge in [-0.3, -0.25) is 14.2 Å². The summed E-state index contributed by atoms with van der Waals surface area (Å²) in [6.45, 7) is 1.27. The number of rotatable bonds is 14. The number of aryl methyl sites for hydroxylation is 1. The van der Waals surface area contributed by atoms with Crippen LogP contribution in [0.5, 0.6) is 0 Å². The molecule has 4 aromatic carbocycles. The molecule has 2 heterocycles. The van der Waals surface area contributed by atoms with Crippen LogP contribution in [-0.4, -0.2) is 65.1 Å². The molecule has 53 heavy (non-hydrogen) atoms. The van der Waals surface area contributed by atoms with Crippen LogP contribution in [0.4, 0.5) is 0 Å². The van der Waals surface area contributed by atoms with E-state index in [1.165, 1.54) is 29.8 Å². The third-order valence-electron chi connectivity index (χ3n) is 8.59. The first-order valence-corrected chi connectivity index (χ1v) is 17.1. The van der Waals surface area contributed by atoms with Crippen molar-refractivity contribution in [2.75, 3.05) is 19.8 Å². The Morgan fingerprint density at radius 2 is 1.32 bits per heavy atom. The fourth-order valence-electron chi connectivity index (χ4n) is 5.82. The molecule has 0 radical (unpaired) electrons. The van der Waals surface area contributed by atoms with Crippen LogP contribution in [0.2, 0.25) is 0 Å². The minimum Gasteiger partial charge on any atom is -0.458 e. The highest BCUT2D eigenvalue weighted by Gasteiger charge is 2.39. The summed E-state index contributed by atoms with van der Waals surface area (Å²) in [7, 11) is 0. The van der Waals surface area contributed by atoms with Gasteiger partial charge in [0.05, 0.1) is 37.1 Å².